The molecule has 2 aromatic rings. The van der Waals surface area contributed by atoms with Gasteiger partial charge in [0.25, 0.3) is 0 Å². The number of unbranched alkanes of at least 4 members (excludes halogenated alkanes) is 1. The maximum Gasteiger partial charge on any atom is 0.325 e. The highest BCUT2D eigenvalue weighted by Gasteiger charge is 2.43. The van der Waals surface area contributed by atoms with E-state index in [0.717, 1.165) is 69.8 Å². The lowest BCUT2D eigenvalue weighted by Gasteiger charge is -2.43. The fraction of sp³-hybridized carbons (Fsp3) is 0.625. The minimum absolute atomic E-state index is 0.122. The van der Waals surface area contributed by atoms with Crippen molar-refractivity contribution in [3.05, 3.63) is 59.0 Å². The van der Waals surface area contributed by atoms with Gasteiger partial charge in [-0.05, 0) is 112 Å². The maximum absolute atomic E-state index is 13.6. The van der Waals surface area contributed by atoms with Crippen LogP contribution in [0, 0.1) is 11.2 Å². The number of carbonyl (C=O) groups is 1. The lowest BCUT2D eigenvalue weighted by Crippen LogP contribution is -2.49. The molecule has 2 aliphatic heterocycles. The van der Waals surface area contributed by atoms with E-state index in [-0.39, 0.29) is 12.1 Å². The number of carboxylic acid groups (broad SMARTS) is 1. The second-order valence-corrected chi connectivity index (χ2v) is 12.0. The summed E-state index contributed by atoms with van der Waals surface area (Å²) in [4.78, 5) is 18.4. The van der Waals surface area contributed by atoms with Gasteiger partial charge >= 0.3 is 5.97 Å². The number of aryl methyl sites for hydroxylation is 2. The standard InChI is InChI=1S/C25H32FN3O3.C7H12O/c1-29(23(25(30)31)18-6-4-8-19(26)14-18)21-15-22(16-21)32-13-3-2-9-20-11-10-17-7-5-12-27-24(17)28-20;1-2-7(3-4-7)6-8-5-1/h4,6,8,10-11,14,21-23H,2-3,5,7,9,12-13,15-16H2,1H3,(H,27,28)(H,30,31);1-6H2. The highest BCUT2D eigenvalue weighted by molar-refractivity contribution is 5.75. The summed E-state index contributed by atoms with van der Waals surface area (Å²) in [7, 11) is 1.80. The lowest BCUT2D eigenvalue weighted by atomic mass is 9.86. The monoisotopic (exact) mass is 553 g/mol. The van der Waals surface area contributed by atoms with Crippen molar-refractivity contribution in [3.8, 4) is 0 Å². The highest BCUT2D eigenvalue weighted by Crippen LogP contribution is 2.51. The Bertz CT molecular complexity index is 1130. The van der Waals surface area contributed by atoms with E-state index in [1.54, 1.807) is 19.2 Å². The van der Waals surface area contributed by atoms with Crippen molar-refractivity contribution in [1.82, 2.24) is 9.88 Å². The molecule has 0 bridgehead atoms. The van der Waals surface area contributed by atoms with Crippen LogP contribution in [0.5, 0.6) is 0 Å². The SMILES string of the molecule is C1COCC2(C1)CC2.CN(C1CC(OCCCCc2ccc3c(n2)NCCC3)C1)C(C(=O)O)c1cccc(F)c1. The quantitative estimate of drug-likeness (QED) is 0.361. The summed E-state index contributed by atoms with van der Waals surface area (Å²) in [6.07, 6.45) is 12.6. The summed E-state index contributed by atoms with van der Waals surface area (Å²) in [5.41, 5.74) is 3.62. The molecule has 3 heterocycles. The Morgan fingerprint density at radius 2 is 2.08 bits per heavy atom. The summed E-state index contributed by atoms with van der Waals surface area (Å²) >= 11 is 0. The first-order valence-corrected chi connectivity index (χ1v) is 15.0. The van der Waals surface area contributed by atoms with Crippen molar-refractivity contribution < 1.29 is 23.8 Å². The minimum atomic E-state index is -0.964. The van der Waals surface area contributed by atoms with Gasteiger partial charge in [0.15, 0.2) is 0 Å². The number of fused-ring (bicyclic) bond motifs is 1. The minimum Gasteiger partial charge on any atom is -0.480 e. The number of carboxylic acids is 1. The Morgan fingerprint density at radius 3 is 2.77 bits per heavy atom. The fourth-order valence-electron chi connectivity index (χ4n) is 6.09. The molecule has 1 aromatic heterocycles. The van der Waals surface area contributed by atoms with Crippen LogP contribution in [0.2, 0.25) is 0 Å². The van der Waals surface area contributed by atoms with Crippen LogP contribution in [0.4, 0.5) is 10.2 Å². The Balaban J connectivity index is 0.000000341. The molecule has 1 saturated heterocycles. The van der Waals surface area contributed by atoms with Gasteiger partial charge in [0.1, 0.15) is 17.7 Å². The summed E-state index contributed by atoms with van der Waals surface area (Å²) < 4.78 is 24.9. The molecule has 1 spiro atoms. The van der Waals surface area contributed by atoms with E-state index >= 15 is 0 Å². The number of hydrogen-bond acceptors (Lipinski definition) is 6. The number of pyridine rings is 1. The van der Waals surface area contributed by atoms with Crippen molar-refractivity contribution in [3.63, 3.8) is 0 Å². The molecule has 218 valence electrons. The van der Waals surface area contributed by atoms with E-state index in [4.69, 9.17) is 14.5 Å². The molecule has 6 rings (SSSR count). The Morgan fingerprint density at radius 1 is 1.23 bits per heavy atom. The number of aromatic nitrogens is 1. The molecule has 1 unspecified atom stereocenters. The number of hydrogen-bond donors (Lipinski definition) is 2. The average molecular weight is 554 g/mol. The third-order valence-electron chi connectivity index (χ3n) is 8.95. The highest BCUT2D eigenvalue weighted by atomic mass is 19.1. The van der Waals surface area contributed by atoms with Gasteiger partial charge in [-0.25, -0.2) is 9.37 Å². The molecule has 3 fully saturated rings. The van der Waals surface area contributed by atoms with Crippen molar-refractivity contribution in [1.29, 1.82) is 0 Å². The Hall–Kier alpha value is -2.55. The van der Waals surface area contributed by atoms with Gasteiger partial charge in [0.05, 0.1) is 12.7 Å². The van der Waals surface area contributed by atoms with Crippen LogP contribution in [0.1, 0.15) is 80.7 Å². The number of rotatable bonds is 10. The molecule has 7 nitrogen and oxygen atoms in total. The molecular weight excluding hydrogens is 509 g/mol. The first-order chi connectivity index (χ1) is 19.4. The van der Waals surface area contributed by atoms with Crippen LogP contribution in [0.25, 0.3) is 0 Å². The van der Waals surface area contributed by atoms with Gasteiger partial charge < -0.3 is 19.9 Å². The molecule has 2 saturated carbocycles. The second kappa shape index (κ2) is 13.4. The molecule has 0 radical (unpaired) electrons. The van der Waals surface area contributed by atoms with E-state index in [9.17, 15) is 14.3 Å². The van der Waals surface area contributed by atoms with Gasteiger partial charge in [-0.2, -0.15) is 0 Å². The number of anilines is 1. The van der Waals surface area contributed by atoms with Gasteiger partial charge in [0.2, 0.25) is 0 Å². The molecule has 2 N–H and O–H groups in total. The summed E-state index contributed by atoms with van der Waals surface area (Å²) in [5.74, 6) is -0.334. The molecular formula is C32H44FN3O4. The third kappa shape index (κ3) is 7.59. The van der Waals surface area contributed by atoms with Gasteiger partial charge in [-0.1, -0.05) is 18.2 Å². The molecule has 2 aliphatic carbocycles. The zero-order chi connectivity index (χ0) is 28.0. The second-order valence-electron chi connectivity index (χ2n) is 12.0. The largest absolute Gasteiger partial charge is 0.480 e. The van der Waals surface area contributed by atoms with Crippen molar-refractivity contribution >= 4 is 11.8 Å². The van der Waals surface area contributed by atoms with E-state index in [0.29, 0.717) is 17.6 Å². The molecule has 1 aromatic carbocycles. The number of halogens is 1. The van der Waals surface area contributed by atoms with Crippen LogP contribution in [-0.2, 0) is 27.1 Å². The van der Waals surface area contributed by atoms with E-state index in [1.165, 1.54) is 49.8 Å². The normalized spacial score (nSPS) is 23.3. The van der Waals surface area contributed by atoms with E-state index in [1.807, 2.05) is 4.90 Å². The van der Waals surface area contributed by atoms with Crippen LogP contribution in [-0.4, -0.2) is 66.5 Å². The predicted octanol–water partition coefficient (Wildman–Crippen LogP) is 5.78. The van der Waals surface area contributed by atoms with Crippen LogP contribution < -0.4 is 5.32 Å². The summed E-state index contributed by atoms with van der Waals surface area (Å²) in [5, 5.41) is 13.1. The number of likely N-dealkylation sites (N-methyl/N-ethyl adjacent to an activating group) is 1. The topological polar surface area (TPSA) is 83.9 Å². The number of benzene rings is 1. The van der Waals surface area contributed by atoms with Crippen molar-refractivity contribution in [2.24, 2.45) is 5.41 Å². The smallest absolute Gasteiger partial charge is 0.325 e. The summed E-state index contributed by atoms with van der Waals surface area (Å²) in [6.45, 7) is 3.79. The van der Waals surface area contributed by atoms with Crippen molar-refractivity contribution in [2.75, 3.05) is 38.7 Å². The number of nitrogens with one attached hydrogen (secondary N) is 1. The van der Waals surface area contributed by atoms with Crippen LogP contribution >= 0.6 is 0 Å². The van der Waals surface area contributed by atoms with E-state index < -0.39 is 17.8 Å². The Kier molecular flexibility index (Phi) is 9.71. The molecule has 0 amide bonds. The van der Waals surface area contributed by atoms with E-state index in [2.05, 4.69) is 17.4 Å². The zero-order valence-corrected chi connectivity index (χ0v) is 23.7. The number of nitrogens with zero attached hydrogens (tertiary/aromatic N) is 2. The summed E-state index contributed by atoms with van der Waals surface area (Å²) in [6, 6.07) is 9.45. The molecule has 8 heteroatoms. The molecule has 40 heavy (non-hydrogen) atoms. The number of aliphatic carboxylic acids is 1. The zero-order valence-electron chi connectivity index (χ0n) is 23.7. The fourth-order valence-corrected chi connectivity index (χ4v) is 6.09. The Labute approximate surface area is 237 Å². The molecule has 1 atom stereocenters. The molecule has 4 aliphatic rings. The third-order valence-corrected chi connectivity index (χ3v) is 8.95. The van der Waals surface area contributed by atoms with Gasteiger partial charge in [-0.15, -0.1) is 0 Å². The first kappa shape index (κ1) is 29.0. The predicted molar refractivity (Wildman–Crippen MR) is 153 cm³/mol. The van der Waals surface area contributed by atoms with Gasteiger partial charge in [-0.3, -0.25) is 9.69 Å². The van der Waals surface area contributed by atoms with Crippen LogP contribution in [0.3, 0.4) is 0 Å². The lowest BCUT2D eigenvalue weighted by molar-refractivity contribution is -0.146. The average Bonchev–Trinajstić information content (AvgIpc) is 3.68. The number of ether oxygens (including phenoxy) is 2. The maximum atomic E-state index is 13.6. The van der Waals surface area contributed by atoms with Gasteiger partial charge in [0, 0.05) is 31.5 Å². The van der Waals surface area contributed by atoms with Crippen LogP contribution in [0.15, 0.2) is 36.4 Å². The van der Waals surface area contributed by atoms with Crippen molar-refractivity contribution in [2.45, 2.75) is 88.8 Å². The first-order valence-electron chi connectivity index (χ1n) is 15.0.